The lowest BCUT2D eigenvalue weighted by atomic mass is 9.99. The number of rotatable bonds is 3. The molecule has 1 unspecified atom stereocenters. The normalized spacial score (nSPS) is 16.4. The van der Waals surface area contributed by atoms with Gasteiger partial charge in [0.2, 0.25) is 0 Å². The molecule has 2 nitrogen and oxygen atoms in total. The summed E-state index contributed by atoms with van der Waals surface area (Å²) in [6.45, 7) is 0.690. The molecule has 1 heterocycles. The fourth-order valence-electron chi connectivity index (χ4n) is 2.46. The second-order valence-corrected chi connectivity index (χ2v) is 5.33. The van der Waals surface area contributed by atoms with Crippen LogP contribution in [0.4, 0.5) is 4.39 Å². The zero-order valence-electron chi connectivity index (χ0n) is 11.6. The van der Waals surface area contributed by atoms with E-state index in [2.05, 4.69) is 5.32 Å². The molecule has 108 valence electrons. The molecule has 3 rings (SSSR count). The fourth-order valence-corrected chi connectivity index (χ4v) is 2.70. The lowest BCUT2D eigenvalue weighted by molar-refractivity contribution is 0.245. The Morgan fingerprint density at radius 1 is 1.24 bits per heavy atom. The van der Waals surface area contributed by atoms with E-state index in [0.717, 1.165) is 11.1 Å². The van der Waals surface area contributed by atoms with E-state index in [1.165, 1.54) is 12.1 Å². The summed E-state index contributed by atoms with van der Waals surface area (Å²) in [5.74, 6) is 0.372. The minimum Gasteiger partial charge on any atom is -0.484 e. The zero-order chi connectivity index (χ0) is 14.8. The van der Waals surface area contributed by atoms with Gasteiger partial charge in [-0.3, -0.25) is 0 Å². The van der Waals surface area contributed by atoms with Crippen molar-refractivity contribution < 1.29 is 9.13 Å². The Bertz CT molecular complexity index is 699. The maximum absolute atomic E-state index is 13.9. The van der Waals surface area contributed by atoms with Crippen LogP contribution in [0.3, 0.4) is 0 Å². The van der Waals surface area contributed by atoms with E-state index in [-0.39, 0.29) is 11.9 Å². The quantitative estimate of drug-likeness (QED) is 0.920. The molecule has 0 saturated heterocycles. The first-order chi connectivity index (χ1) is 10.2. The molecule has 0 bridgehead atoms. The second-order valence-electron chi connectivity index (χ2n) is 4.92. The number of fused-ring (bicyclic) bond motifs is 1. The number of hydrogen-bond acceptors (Lipinski definition) is 2. The topological polar surface area (TPSA) is 21.3 Å². The molecular formula is C17H15ClFNO. The molecular weight excluding hydrogens is 289 g/mol. The Hall–Kier alpha value is -1.84. The van der Waals surface area contributed by atoms with Gasteiger partial charge < -0.3 is 10.1 Å². The summed E-state index contributed by atoms with van der Waals surface area (Å²) in [7, 11) is 1.87. The monoisotopic (exact) mass is 303 g/mol. The minimum atomic E-state index is -0.302. The van der Waals surface area contributed by atoms with Gasteiger partial charge in [0.15, 0.2) is 0 Å². The van der Waals surface area contributed by atoms with Gasteiger partial charge in [0, 0.05) is 28.3 Å². The number of nitrogens with one attached hydrogen (secondary N) is 1. The van der Waals surface area contributed by atoms with Crippen LogP contribution in [-0.4, -0.2) is 19.7 Å². The first-order valence-electron chi connectivity index (χ1n) is 6.77. The van der Waals surface area contributed by atoms with E-state index in [1.807, 2.05) is 37.4 Å². The number of benzene rings is 2. The minimum absolute atomic E-state index is 0.0748. The van der Waals surface area contributed by atoms with Gasteiger partial charge >= 0.3 is 0 Å². The van der Waals surface area contributed by atoms with Gasteiger partial charge in [0.25, 0.3) is 0 Å². The van der Waals surface area contributed by atoms with E-state index in [1.54, 1.807) is 6.07 Å². The van der Waals surface area contributed by atoms with Crippen molar-refractivity contribution in [1.82, 2.24) is 5.32 Å². The van der Waals surface area contributed by atoms with Crippen LogP contribution in [0.5, 0.6) is 5.75 Å². The summed E-state index contributed by atoms with van der Waals surface area (Å²) in [6, 6.07) is 10.3. The lowest BCUT2D eigenvalue weighted by Gasteiger charge is -2.24. The third-order valence-electron chi connectivity index (χ3n) is 3.41. The van der Waals surface area contributed by atoms with Gasteiger partial charge in [0.05, 0.1) is 0 Å². The van der Waals surface area contributed by atoms with Crippen molar-refractivity contribution in [1.29, 1.82) is 0 Å². The molecule has 0 aromatic heterocycles. The van der Waals surface area contributed by atoms with Crippen LogP contribution in [0.25, 0.3) is 17.2 Å². The van der Waals surface area contributed by atoms with Crippen LogP contribution in [-0.2, 0) is 0 Å². The maximum atomic E-state index is 13.9. The average molecular weight is 304 g/mol. The first kappa shape index (κ1) is 14.1. The Morgan fingerprint density at radius 3 is 2.81 bits per heavy atom. The van der Waals surface area contributed by atoms with Crippen LogP contribution in [0.1, 0.15) is 5.56 Å². The molecule has 0 saturated carbocycles. The van der Waals surface area contributed by atoms with Crippen molar-refractivity contribution in [2.24, 2.45) is 0 Å². The zero-order valence-corrected chi connectivity index (χ0v) is 12.3. The Kier molecular flexibility index (Phi) is 3.95. The molecule has 1 aliphatic rings. The van der Waals surface area contributed by atoms with E-state index in [0.29, 0.717) is 22.9 Å². The van der Waals surface area contributed by atoms with Gasteiger partial charge in [-0.1, -0.05) is 35.9 Å². The number of likely N-dealkylation sites (N-methyl/N-ethyl adjacent to an activating group) is 1. The Labute approximate surface area is 128 Å². The SMILES string of the molecule is CNCC1C=Cc2cc(F)cc(-c3ccccc3Cl)c2O1. The van der Waals surface area contributed by atoms with Crippen LogP contribution >= 0.6 is 11.6 Å². The summed E-state index contributed by atoms with van der Waals surface area (Å²) >= 11 is 6.24. The van der Waals surface area contributed by atoms with Gasteiger partial charge in [-0.15, -0.1) is 0 Å². The number of ether oxygens (including phenoxy) is 1. The van der Waals surface area contributed by atoms with E-state index >= 15 is 0 Å². The fraction of sp³-hybridized carbons (Fsp3) is 0.176. The second kappa shape index (κ2) is 5.88. The number of hydrogen-bond donors (Lipinski definition) is 1. The van der Waals surface area contributed by atoms with Crippen LogP contribution in [0.2, 0.25) is 5.02 Å². The van der Waals surface area contributed by atoms with Crippen molar-refractivity contribution in [3.63, 3.8) is 0 Å². The van der Waals surface area contributed by atoms with Crippen molar-refractivity contribution in [2.45, 2.75) is 6.10 Å². The molecule has 4 heteroatoms. The summed E-state index contributed by atoms with van der Waals surface area (Å²) < 4.78 is 19.9. The van der Waals surface area contributed by atoms with Crippen molar-refractivity contribution >= 4 is 17.7 Å². The molecule has 0 spiro atoms. The van der Waals surface area contributed by atoms with Crippen LogP contribution in [0.15, 0.2) is 42.5 Å². The average Bonchev–Trinajstić information content (AvgIpc) is 2.48. The molecule has 1 atom stereocenters. The Balaban J connectivity index is 2.13. The molecule has 0 fully saturated rings. The van der Waals surface area contributed by atoms with E-state index in [9.17, 15) is 4.39 Å². The molecule has 2 aromatic rings. The first-order valence-corrected chi connectivity index (χ1v) is 7.14. The van der Waals surface area contributed by atoms with Crippen LogP contribution in [0, 0.1) is 5.82 Å². The van der Waals surface area contributed by atoms with Gasteiger partial charge in [0.1, 0.15) is 17.7 Å². The summed E-state index contributed by atoms with van der Waals surface area (Å²) in [5, 5.41) is 3.65. The number of halogens is 2. The molecule has 21 heavy (non-hydrogen) atoms. The smallest absolute Gasteiger partial charge is 0.135 e. The maximum Gasteiger partial charge on any atom is 0.135 e. The van der Waals surface area contributed by atoms with Crippen molar-refractivity contribution in [3.8, 4) is 16.9 Å². The van der Waals surface area contributed by atoms with Crippen molar-refractivity contribution in [2.75, 3.05) is 13.6 Å². The van der Waals surface area contributed by atoms with Crippen LogP contribution < -0.4 is 10.1 Å². The molecule has 0 aliphatic carbocycles. The standard InChI is InChI=1S/C17H15ClFNO/c1-20-10-13-7-6-11-8-12(19)9-15(17(11)21-13)14-4-2-3-5-16(14)18/h2-9,13,20H,10H2,1H3. The Morgan fingerprint density at radius 2 is 2.05 bits per heavy atom. The van der Waals surface area contributed by atoms with E-state index in [4.69, 9.17) is 16.3 Å². The lowest BCUT2D eigenvalue weighted by Crippen LogP contribution is -2.29. The van der Waals surface area contributed by atoms with E-state index < -0.39 is 0 Å². The summed E-state index contributed by atoms with van der Waals surface area (Å²) in [6.07, 6.45) is 3.74. The highest BCUT2D eigenvalue weighted by Gasteiger charge is 2.20. The molecule has 1 aliphatic heterocycles. The molecule has 0 radical (unpaired) electrons. The predicted octanol–water partition coefficient (Wildman–Crippen LogP) is 4.14. The van der Waals surface area contributed by atoms with Crippen molar-refractivity contribution in [3.05, 3.63) is 58.9 Å². The predicted molar refractivity (Wildman–Crippen MR) is 84.2 cm³/mol. The van der Waals surface area contributed by atoms with Gasteiger partial charge in [-0.2, -0.15) is 0 Å². The third-order valence-corrected chi connectivity index (χ3v) is 3.74. The largest absolute Gasteiger partial charge is 0.484 e. The highest BCUT2D eigenvalue weighted by Crippen LogP contribution is 2.40. The molecule has 0 amide bonds. The molecule has 2 aromatic carbocycles. The summed E-state index contributed by atoms with van der Waals surface area (Å²) in [4.78, 5) is 0. The highest BCUT2D eigenvalue weighted by molar-refractivity contribution is 6.33. The van der Waals surface area contributed by atoms with Gasteiger partial charge in [-0.05, 0) is 31.3 Å². The summed E-state index contributed by atoms with van der Waals surface area (Å²) in [5.41, 5.74) is 2.19. The highest BCUT2D eigenvalue weighted by atomic mass is 35.5. The molecule has 1 N–H and O–H groups in total. The van der Waals surface area contributed by atoms with Gasteiger partial charge in [-0.25, -0.2) is 4.39 Å². The third kappa shape index (κ3) is 2.80.